The molecule has 2 heteroatoms. The number of fused-ring (bicyclic) bond motifs is 1. The van der Waals surface area contributed by atoms with Crippen LogP contribution in [0.25, 0.3) is 10.9 Å². The van der Waals surface area contributed by atoms with E-state index in [0.717, 1.165) is 6.54 Å². The van der Waals surface area contributed by atoms with Gasteiger partial charge in [0.25, 0.3) is 0 Å². The summed E-state index contributed by atoms with van der Waals surface area (Å²) in [5.41, 5.74) is 11.9. The molecule has 1 saturated carbocycles. The van der Waals surface area contributed by atoms with Crippen LogP contribution in [0.3, 0.4) is 0 Å². The third-order valence-electron chi connectivity index (χ3n) is 4.48. The Labute approximate surface area is 102 Å². The Balaban J connectivity index is 2.39. The van der Waals surface area contributed by atoms with Crippen LogP contribution in [0.5, 0.6) is 0 Å². The highest BCUT2D eigenvalue weighted by Crippen LogP contribution is 2.51. The third-order valence-corrected chi connectivity index (χ3v) is 4.48. The summed E-state index contributed by atoms with van der Waals surface area (Å²) in [4.78, 5) is 0. The minimum absolute atomic E-state index is 0.275. The van der Waals surface area contributed by atoms with Crippen LogP contribution in [0.15, 0.2) is 18.2 Å². The second-order valence-electron chi connectivity index (χ2n) is 5.47. The van der Waals surface area contributed by atoms with E-state index in [-0.39, 0.29) is 5.41 Å². The molecule has 0 spiro atoms. The van der Waals surface area contributed by atoms with Crippen molar-refractivity contribution in [3.8, 4) is 0 Å². The molecule has 3 rings (SSSR count). The molecule has 2 aromatic rings. The first kappa shape index (κ1) is 10.8. The first-order valence-electron chi connectivity index (χ1n) is 6.36. The number of rotatable bonds is 2. The van der Waals surface area contributed by atoms with E-state index in [2.05, 4.69) is 43.7 Å². The van der Waals surface area contributed by atoms with E-state index in [0.29, 0.717) is 0 Å². The zero-order chi connectivity index (χ0) is 12.2. The van der Waals surface area contributed by atoms with Gasteiger partial charge in [-0.15, -0.1) is 0 Å². The van der Waals surface area contributed by atoms with Crippen molar-refractivity contribution in [2.75, 3.05) is 6.54 Å². The molecule has 1 aromatic heterocycles. The molecule has 0 amide bonds. The summed E-state index contributed by atoms with van der Waals surface area (Å²) in [6, 6.07) is 6.60. The molecule has 2 nitrogen and oxygen atoms in total. The molecule has 0 aliphatic heterocycles. The molecule has 0 saturated heterocycles. The van der Waals surface area contributed by atoms with Gasteiger partial charge in [0, 0.05) is 30.1 Å². The first-order chi connectivity index (χ1) is 8.10. The molecule has 0 bridgehead atoms. The molecule has 1 aliphatic rings. The highest BCUT2D eigenvalue weighted by atomic mass is 15.0. The SMILES string of the molecule is Cc1cccc2c(C3(CN)CC3)c(C)n(C)c12. The molecule has 1 heterocycles. The summed E-state index contributed by atoms with van der Waals surface area (Å²) < 4.78 is 2.33. The molecule has 1 aromatic carbocycles. The molecular formula is C15H20N2. The number of hydrogen-bond acceptors (Lipinski definition) is 1. The lowest BCUT2D eigenvalue weighted by Gasteiger charge is -2.13. The van der Waals surface area contributed by atoms with E-state index in [1.807, 2.05) is 0 Å². The molecular weight excluding hydrogens is 208 g/mol. The van der Waals surface area contributed by atoms with E-state index in [1.54, 1.807) is 0 Å². The molecule has 0 radical (unpaired) electrons. The lowest BCUT2D eigenvalue weighted by molar-refractivity contribution is 0.697. The molecule has 2 N–H and O–H groups in total. The van der Waals surface area contributed by atoms with Crippen LogP contribution in [-0.2, 0) is 12.5 Å². The van der Waals surface area contributed by atoms with Gasteiger partial charge < -0.3 is 10.3 Å². The van der Waals surface area contributed by atoms with Gasteiger partial charge in [0.15, 0.2) is 0 Å². The number of nitrogens with two attached hydrogens (primary N) is 1. The maximum atomic E-state index is 6.00. The maximum absolute atomic E-state index is 6.00. The molecule has 0 atom stereocenters. The van der Waals surface area contributed by atoms with E-state index >= 15 is 0 Å². The Morgan fingerprint density at radius 2 is 2.00 bits per heavy atom. The number of aryl methyl sites for hydroxylation is 2. The summed E-state index contributed by atoms with van der Waals surface area (Å²) in [6.07, 6.45) is 2.49. The van der Waals surface area contributed by atoms with Crippen LogP contribution in [-0.4, -0.2) is 11.1 Å². The van der Waals surface area contributed by atoms with Crippen molar-refractivity contribution in [1.82, 2.24) is 4.57 Å². The molecule has 17 heavy (non-hydrogen) atoms. The number of aromatic nitrogens is 1. The van der Waals surface area contributed by atoms with Gasteiger partial charge >= 0.3 is 0 Å². The van der Waals surface area contributed by atoms with Gasteiger partial charge in [-0.2, -0.15) is 0 Å². The van der Waals surface area contributed by atoms with E-state index in [4.69, 9.17) is 5.73 Å². The predicted molar refractivity (Wildman–Crippen MR) is 72.4 cm³/mol. The summed E-state index contributed by atoms with van der Waals surface area (Å²) in [5.74, 6) is 0. The van der Waals surface area contributed by atoms with Crippen LogP contribution >= 0.6 is 0 Å². The average molecular weight is 228 g/mol. The Morgan fingerprint density at radius 1 is 1.29 bits per heavy atom. The lowest BCUT2D eigenvalue weighted by Crippen LogP contribution is -2.20. The Kier molecular flexibility index (Phi) is 2.14. The number of benzene rings is 1. The maximum Gasteiger partial charge on any atom is 0.0512 e. The summed E-state index contributed by atoms with van der Waals surface area (Å²) >= 11 is 0. The van der Waals surface area contributed by atoms with Gasteiger partial charge in [-0.1, -0.05) is 18.2 Å². The fourth-order valence-electron chi connectivity index (χ4n) is 3.21. The second-order valence-corrected chi connectivity index (χ2v) is 5.47. The van der Waals surface area contributed by atoms with Crippen molar-refractivity contribution in [3.63, 3.8) is 0 Å². The Hall–Kier alpha value is -1.28. The quantitative estimate of drug-likeness (QED) is 0.842. The standard InChI is InChI=1S/C15H20N2/c1-10-5-4-6-12-13(15(9-16)7-8-15)11(2)17(3)14(10)12/h4-6H,7-9,16H2,1-3H3. The second kappa shape index (κ2) is 3.36. The van der Waals surface area contributed by atoms with Crippen LogP contribution in [0.4, 0.5) is 0 Å². The van der Waals surface area contributed by atoms with Crippen LogP contribution in [0, 0.1) is 13.8 Å². The van der Waals surface area contributed by atoms with E-state index in [9.17, 15) is 0 Å². The summed E-state index contributed by atoms with van der Waals surface area (Å²) in [6.45, 7) is 5.19. The van der Waals surface area contributed by atoms with Crippen LogP contribution in [0.1, 0.15) is 29.7 Å². The Morgan fingerprint density at radius 3 is 2.59 bits per heavy atom. The molecule has 1 aliphatic carbocycles. The van der Waals surface area contributed by atoms with E-state index < -0.39 is 0 Å². The predicted octanol–water partition coefficient (Wildman–Crippen LogP) is 2.79. The minimum atomic E-state index is 0.275. The van der Waals surface area contributed by atoms with Crippen LogP contribution < -0.4 is 5.73 Å². The lowest BCUT2D eigenvalue weighted by atomic mass is 9.93. The van der Waals surface area contributed by atoms with Crippen molar-refractivity contribution in [1.29, 1.82) is 0 Å². The topological polar surface area (TPSA) is 30.9 Å². The van der Waals surface area contributed by atoms with Crippen molar-refractivity contribution < 1.29 is 0 Å². The number of hydrogen-bond donors (Lipinski definition) is 1. The highest BCUT2D eigenvalue weighted by Gasteiger charge is 2.45. The van der Waals surface area contributed by atoms with Gasteiger partial charge in [-0.25, -0.2) is 0 Å². The van der Waals surface area contributed by atoms with Gasteiger partial charge in [-0.3, -0.25) is 0 Å². The zero-order valence-electron chi connectivity index (χ0n) is 10.9. The normalized spacial score (nSPS) is 17.6. The van der Waals surface area contributed by atoms with Crippen molar-refractivity contribution in [2.24, 2.45) is 12.8 Å². The first-order valence-corrected chi connectivity index (χ1v) is 6.36. The van der Waals surface area contributed by atoms with Gasteiger partial charge in [-0.05, 0) is 37.8 Å². The monoisotopic (exact) mass is 228 g/mol. The third kappa shape index (κ3) is 1.31. The molecule has 1 fully saturated rings. The fourth-order valence-corrected chi connectivity index (χ4v) is 3.21. The highest BCUT2D eigenvalue weighted by molar-refractivity contribution is 5.89. The largest absolute Gasteiger partial charge is 0.347 e. The Bertz CT molecular complexity index is 588. The summed E-state index contributed by atoms with van der Waals surface area (Å²) in [5, 5.41) is 1.41. The fraction of sp³-hybridized carbons (Fsp3) is 0.467. The summed E-state index contributed by atoms with van der Waals surface area (Å²) in [7, 11) is 2.17. The molecule has 90 valence electrons. The number of nitrogens with zero attached hydrogens (tertiary/aromatic N) is 1. The zero-order valence-corrected chi connectivity index (χ0v) is 10.9. The smallest absolute Gasteiger partial charge is 0.0512 e. The van der Waals surface area contributed by atoms with Gasteiger partial charge in [0.1, 0.15) is 0 Å². The van der Waals surface area contributed by atoms with Gasteiger partial charge in [0.05, 0.1) is 5.52 Å². The average Bonchev–Trinajstić information content (AvgIpc) is 3.05. The number of para-hydroxylation sites is 1. The van der Waals surface area contributed by atoms with Gasteiger partial charge in [0.2, 0.25) is 0 Å². The van der Waals surface area contributed by atoms with Crippen molar-refractivity contribution in [3.05, 3.63) is 35.0 Å². The minimum Gasteiger partial charge on any atom is -0.347 e. The van der Waals surface area contributed by atoms with Crippen molar-refractivity contribution >= 4 is 10.9 Å². The van der Waals surface area contributed by atoms with Crippen molar-refractivity contribution in [2.45, 2.75) is 32.1 Å². The van der Waals surface area contributed by atoms with Crippen LogP contribution in [0.2, 0.25) is 0 Å². The van der Waals surface area contributed by atoms with E-state index in [1.165, 1.54) is 40.6 Å². The molecule has 0 unspecified atom stereocenters.